The summed E-state index contributed by atoms with van der Waals surface area (Å²) in [6.45, 7) is 2.44. The van der Waals surface area contributed by atoms with E-state index < -0.39 is 5.82 Å². The summed E-state index contributed by atoms with van der Waals surface area (Å²) < 4.78 is 19.7. The lowest BCUT2D eigenvalue weighted by molar-refractivity contribution is 0.195. The molecule has 1 N–H and O–H groups in total. The van der Waals surface area contributed by atoms with Gasteiger partial charge < -0.3 is 14.7 Å². The van der Waals surface area contributed by atoms with Crippen LogP contribution in [0.25, 0.3) is 0 Å². The predicted molar refractivity (Wildman–Crippen MR) is 83.0 cm³/mol. The van der Waals surface area contributed by atoms with E-state index in [1.165, 1.54) is 12.1 Å². The second-order valence-corrected chi connectivity index (χ2v) is 6.19. The fourth-order valence-electron chi connectivity index (χ4n) is 2.62. The van der Waals surface area contributed by atoms with E-state index in [0.29, 0.717) is 16.8 Å². The summed E-state index contributed by atoms with van der Waals surface area (Å²) in [4.78, 5) is 14.1. The number of carbonyl (C=O) groups is 1. The largest absolute Gasteiger partial charge is 0.359 e. The molecule has 116 valence electrons. The molecule has 2 heterocycles. The van der Waals surface area contributed by atoms with Gasteiger partial charge in [-0.3, -0.25) is 0 Å². The van der Waals surface area contributed by atoms with Crippen molar-refractivity contribution in [1.82, 2.24) is 10.1 Å². The Labute approximate surface area is 135 Å². The maximum Gasteiger partial charge on any atom is 0.322 e. The zero-order chi connectivity index (χ0) is 15.7. The van der Waals surface area contributed by atoms with Gasteiger partial charge in [-0.2, -0.15) is 0 Å². The van der Waals surface area contributed by atoms with Crippen LogP contribution in [0.15, 0.2) is 33.3 Å². The smallest absolute Gasteiger partial charge is 0.322 e. The van der Waals surface area contributed by atoms with E-state index in [9.17, 15) is 9.18 Å². The van der Waals surface area contributed by atoms with Crippen molar-refractivity contribution >= 4 is 27.6 Å². The van der Waals surface area contributed by atoms with Crippen LogP contribution in [0.4, 0.5) is 14.9 Å². The van der Waals surface area contributed by atoms with Crippen molar-refractivity contribution < 1.29 is 13.7 Å². The maximum absolute atomic E-state index is 13.8. The minimum Gasteiger partial charge on any atom is -0.359 e. The summed E-state index contributed by atoms with van der Waals surface area (Å²) >= 11 is 3.19. The Morgan fingerprint density at radius 2 is 2.32 bits per heavy atom. The molecule has 7 heteroatoms. The second-order valence-electron chi connectivity index (χ2n) is 5.28. The molecular formula is C15H15BrFN3O2. The lowest BCUT2D eigenvalue weighted by Crippen LogP contribution is -2.34. The molecule has 1 unspecified atom stereocenters. The number of hydrogen-bond acceptors (Lipinski definition) is 3. The van der Waals surface area contributed by atoms with E-state index in [-0.39, 0.29) is 17.8 Å². The van der Waals surface area contributed by atoms with Gasteiger partial charge in [-0.05, 0) is 38.0 Å². The van der Waals surface area contributed by atoms with Crippen LogP contribution in [0, 0.1) is 12.7 Å². The maximum atomic E-state index is 13.8. The first-order valence-electron chi connectivity index (χ1n) is 7.00. The average Bonchev–Trinajstić information content (AvgIpc) is 3.10. The van der Waals surface area contributed by atoms with E-state index in [2.05, 4.69) is 26.4 Å². The Hall–Kier alpha value is -1.89. The lowest BCUT2D eigenvalue weighted by atomic mass is 10.1. The molecule has 1 aromatic heterocycles. The van der Waals surface area contributed by atoms with Crippen LogP contribution in [0.5, 0.6) is 0 Å². The highest BCUT2D eigenvalue weighted by molar-refractivity contribution is 9.10. The number of anilines is 1. The summed E-state index contributed by atoms with van der Waals surface area (Å²) in [5.74, 6) is 0.190. The number of likely N-dealkylation sites (tertiary alicyclic amines) is 1. The molecule has 2 aromatic rings. The molecule has 3 rings (SSSR count). The Morgan fingerprint density at radius 3 is 3.00 bits per heavy atom. The van der Waals surface area contributed by atoms with Crippen molar-refractivity contribution in [3.8, 4) is 0 Å². The molecule has 0 saturated carbocycles. The molecule has 1 atom stereocenters. The summed E-state index contributed by atoms with van der Waals surface area (Å²) in [5, 5.41) is 6.48. The molecule has 22 heavy (non-hydrogen) atoms. The molecule has 0 bridgehead atoms. The molecule has 0 radical (unpaired) electrons. The number of hydrogen-bond donors (Lipinski definition) is 1. The Kier molecular flexibility index (Phi) is 4.15. The molecule has 2 amide bonds. The first-order chi connectivity index (χ1) is 10.5. The van der Waals surface area contributed by atoms with Gasteiger partial charge in [0.05, 0.1) is 17.4 Å². The van der Waals surface area contributed by atoms with Crippen molar-refractivity contribution in [2.75, 3.05) is 11.9 Å². The Morgan fingerprint density at radius 1 is 1.50 bits per heavy atom. The fraction of sp³-hybridized carbons (Fsp3) is 0.333. The highest BCUT2D eigenvalue weighted by Gasteiger charge is 2.33. The summed E-state index contributed by atoms with van der Waals surface area (Å²) in [5.41, 5.74) is 0.939. The fourth-order valence-corrected chi connectivity index (χ4v) is 2.96. The van der Waals surface area contributed by atoms with Gasteiger partial charge in [0.15, 0.2) is 5.76 Å². The average molecular weight is 368 g/mol. The number of aryl methyl sites for hydroxylation is 1. The van der Waals surface area contributed by atoms with Gasteiger partial charge in [-0.15, -0.1) is 0 Å². The van der Waals surface area contributed by atoms with Gasteiger partial charge >= 0.3 is 6.03 Å². The first kappa shape index (κ1) is 15.0. The number of nitrogens with zero attached hydrogens (tertiary/aromatic N) is 2. The topological polar surface area (TPSA) is 58.4 Å². The minimum absolute atomic E-state index is 0.153. The minimum atomic E-state index is -0.478. The molecule has 0 spiro atoms. The van der Waals surface area contributed by atoms with Crippen LogP contribution in [-0.2, 0) is 0 Å². The molecule has 1 fully saturated rings. The summed E-state index contributed by atoms with van der Waals surface area (Å²) in [7, 11) is 0. The van der Waals surface area contributed by atoms with E-state index >= 15 is 0 Å². The van der Waals surface area contributed by atoms with Crippen LogP contribution < -0.4 is 5.32 Å². The SMILES string of the molecule is Cc1cc(C2CCCN2C(=O)Nc2ccc(Br)cc2F)on1. The van der Waals surface area contributed by atoms with Gasteiger partial charge in [0.25, 0.3) is 0 Å². The van der Waals surface area contributed by atoms with Gasteiger partial charge in [-0.25, -0.2) is 9.18 Å². The molecule has 5 nitrogen and oxygen atoms in total. The number of rotatable bonds is 2. The standard InChI is InChI=1S/C15H15BrFN3O2/c1-9-7-14(22-19-9)13-3-2-6-20(13)15(21)18-12-5-4-10(16)8-11(12)17/h4-5,7-8,13H,2-3,6H2,1H3,(H,18,21). The molecule has 1 saturated heterocycles. The van der Waals surface area contributed by atoms with Gasteiger partial charge in [0, 0.05) is 17.1 Å². The lowest BCUT2D eigenvalue weighted by Gasteiger charge is -2.23. The Bertz CT molecular complexity index is 704. The summed E-state index contributed by atoms with van der Waals surface area (Å²) in [6, 6.07) is 5.87. The van der Waals surface area contributed by atoms with Crippen molar-refractivity contribution in [1.29, 1.82) is 0 Å². The molecular weight excluding hydrogens is 353 g/mol. The number of urea groups is 1. The van der Waals surface area contributed by atoms with Crippen LogP contribution in [0.1, 0.15) is 30.3 Å². The number of halogens is 2. The number of benzene rings is 1. The van der Waals surface area contributed by atoms with Crippen LogP contribution >= 0.6 is 15.9 Å². The van der Waals surface area contributed by atoms with Crippen molar-refractivity contribution in [2.24, 2.45) is 0 Å². The third-order valence-electron chi connectivity index (χ3n) is 3.66. The van der Waals surface area contributed by atoms with Gasteiger partial charge in [0.1, 0.15) is 5.82 Å². The Balaban J connectivity index is 1.76. The zero-order valence-electron chi connectivity index (χ0n) is 12.0. The van der Waals surface area contributed by atoms with Crippen LogP contribution in [0.2, 0.25) is 0 Å². The third-order valence-corrected chi connectivity index (χ3v) is 4.15. The molecule has 1 aliphatic rings. The highest BCUT2D eigenvalue weighted by Crippen LogP contribution is 2.33. The normalized spacial score (nSPS) is 17.8. The van der Waals surface area contributed by atoms with Gasteiger partial charge in [-0.1, -0.05) is 21.1 Å². The monoisotopic (exact) mass is 367 g/mol. The van der Waals surface area contributed by atoms with E-state index in [4.69, 9.17) is 4.52 Å². The van der Waals surface area contributed by atoms with Crippen LogP contribution in [-0.4, -0.2) is 22.6 Å². The van der Waals surface area contributed by atoms with Crippen LogP contribution in [0.3, 0.4) is 0 Å². The van der Waals surface area contributed by atoms with E-state index in [1.54, 1.807) is 11.0 Å². The first-order valence-corrected chi connectivity index (χ1v) is 7.80. The zero-order valence-corrected chi connectivity index (χ0v) is 13.6. The third kappa shape index (κ3) is 2.99. The summed E-state index contributed by atoms with van der Waals surface area (Å²) in [6.07, 6.45) is 1.69. The number of nitrogens with one attached hydrogen (secondary N) is 1. The number of amides is 2. The quantitative estimate of drug-likeness (QED) is 0.862. The number of aromatic nitrogens is 1. The van der Waals surface area contributed by atoms with Gasteiger partial charge in [0.2, 0.25) is 0 Å². The number of carbonyl (C=O) groups excluding carboxylic acids is 1. The molecule has 0 aliphatic carbocycles. The molecule has 1 aliphatic heterocycles. The van der Waals surface area contributed by atoms with Crippen molar-refractivity contribution in [2.45, 2.75) is 25.8 Å². The highest BCUT2D eigenvalue weighted by atomic mass is 79.9. The van der Waals surface area contributed by atoms with Crippen molar-refractivity contribution in [3.63, 3.8) is 0 Å². The van der Waals surface area contributed by atoms with E-state index in [0.717, 1.165) is 18.5 Å². The molecule has 1 aromatic carbocycles. The second kappa shape index (κ2) is 6.08. The van der Waals surface area contributed by atoms with E-state index in [1.807, 2.05) is 13.0 Å². The predicted octanol–water partition coefficient (Wildman–Crippen LogP) is 4.25. The van der Waals surface area contributed by atoms with Crippen molar-refractivity contribution in [3.05, 3.63) is 46.0 Å².